The predicted molar refractivity (Wildman–Crippen MR) is 81.9 cm³/mol. The van der Waals surface area contributed by atoms with E-state index in [2.05, 4.69) is 27.9 Å². The van der Waals surface area contributed by atoms with Gasteiger partial charge in [-0.2, -0.15) is 0 Å². The second-order valence-corrected chi connectivity index (χ2v) is 5.87. The molecule has 1 saturated heterocycles. The van der Waals surface area contributed by atoms with E-state index in [1.165, 1.54) is 5.56 Å². The molecule has 1 amide bonds. The first-order valence-corrected chi connectivity index (χ1v) is 7.43. The molecule has 1 aliphatic heterocycles. The average Bonchev–Trinajstić information content (AvgIpc) is 2.41. The highest BCUT2D eigenvalue weighted by Crippen LogP contribution is 2.20. The van der Waals surface area contributed by atoms with Crippen molar-refractivity contribution >= 4 is 28.5 Å². The normalized spacial score (nSPS) is 16.9. The van der Waals surface area contributed by atoms with E-state index in [-0.39, 0.29) is 5.91 Å². The Labute approximate surface area is 122 Å². The van der Waals surface area contributed by atoms with Gasteiger partial charge in [-0.15, -0.1) is 0 Å². The summed E-state index contributed by atoms with van der Waals surface area (Å²) in [6, 6.07) is 6.50. The van der Waals surface area contributed by atoms with Crippen LogP contribution in [0, 0.1) is 10.5 Å². The molecular formula is C14H19IN2O. The molecule has 0 aromatic heterocycles. The van der Waals surface area contributed by atoms with Crippen LogP contribution in [0.15, 0.2) is 18.2 Å². The Hall–Kier alpha value is -0.620. The molecule has 98 valence electrons. The van der Waals surface area contributed by atoms with Crippen LogP contribution in [0.3, 0.4) is 0 Å². The minimum atomic E-state index is 0.178. The highest BCUT2D eigenvalue weighted by molar-refractivity contribution is 14.1. The van der Waals surface area contributed by atoms with Crippen molar-refractivity contribution in [3.05, 3.63) is 32.9 Å². The fourth-order valence-corrected chi connectivity index (χ4v) is 2.94. The van der Waals surface area contributed by atoms with Crippen molar-refractivity contribution < 1.29 is 4.79 Å². The van der Waals surface area contributed by atoms with Gasteiger partial charge in [0.05, 0.1) is 5.56 Å². The summed E-state index contributed by atoms with van der Waals surface area (Å²) in [6.07, 6.45) is 2.09. The summed E-state index contributed by atoms with van der Waals surface area (Å²) < 4.78 is 1.08. The molecule has 1 aliphatic rings. The highest BCUT2D eigenvalue weighted by Gasteiger charge is 2.24. The molecule has 2 rings (SSSR count). The number of carbonyl (C=O) groups excluding carboxylic acids is 1. The zero-order valence-electron chi connectivity index (χ0n) is 10.9. The van der Waals surface area contributed by atoms with Crippen LogP contribution in [0.5, 0.6) is 0 Å². The van der Waals surface area contributed by atoms with E-state index in [4.69, 9.17) is 0 Å². The molecule has 1 fully saturated rings. The van der Waals surface area contributed by atoms with Crippen molar-refractivity contribution in [2.75, 3.05) is 20.1 Å². The number of amides is 1. The summed E-state index contributed by atoms with van der Waals surface area (Å²) >= 11 is 2.27. The molecule has 1 heterocycles. The van der Waals surface area contributed by atoms with Gasteiger partial charge in [0, 0.05) is 22.7 Å². The maximum Gasteiger partial charge on any atom is 0.254 e. The topological polar surface area (TPSA) is 32.3 Å². The van der Waals surface area contributed by atoms with Crippen LogP contribution in [-0.4, -0.2) is 37.0 Å². The number of likely N-dealkylation sites (tertiary alicyclic amines) is 1. The van der Waals surface area contributed by atoms with E-state index < -0.39 is 0 Å². The maximum atomic E-state index is 12.5. The van der Waals surface area contributed by atoms with Gasteiger partial charge in [-0.1, -0.05) is 12.1 Å². The molecule has 0 bridgehead atoms. The van der Waals surface area contributed by atoms with E-state index in [0.717, 1.165) is 35.1 Å². The molecule has 0 spiro atoms. The number of nitrogens with zero attached hydrogens (tertiary/aromatic N) is 1. The first kappa shape index (κ1) is 13.8. The smallest absolute Gasteiger partial charge is 0.254 e. The van der Waals surface area contributed by atoms with Crippen LogP contribution in [0.1, 0.15) is 28.8 Å². The van der Waals surface area contributed by atoms with Gasteiger partial charge in [0.15, 0.2) is 0 Å². The van der Waals surface area contributed by atoms with Gasteiger partial charge < -0.3 is 10.2 Å². The lowest BCUT2D eigenvalue weighted by molar-refractivity contribution is 0.0706. The lowest BCUT2D eigenvalue weighted by Gasteiger charge is -2.32. The third-order valence-corrected chi connectivity index (χ3v) is 5.04. The number of hydrogen-bond acceptors (Lipinski definition) is 2. The van der Waals surface area contributed by atoms with Gasteiger partial charge in [-0.25, -0.2) is 0 Å². The van der Waals surface area contributed by atoms with Crippen molar-refractivity contribution in [1.82, 2.24) is 10.2 Å². The largest absolute Gasteiger partial charge is 0.338 e. The lowest BCUT2D eigenvalue weighted by Crippen LogP contribution is -2.44. The second kappa shape index (κ2) is 6.02. The van der Waals surface area contributed by atoms with Crippen LogP contribution in [0.4, 0.5) is 0 Å². The Morgan fingerprint density at radius 2 is 2.06 bits per heavy atom. The third kappa shape index (κ3) is 2.85. The number of halogens is 1. The number of hydrogen-bond donors (Lipinski definition) is 1. The van der Waals surface area contributed by atoms with E-state index in [1.807, 2.05) is 37.1 Å². The number of aryl methyl sites for hydroxylation is 1. The summed E-state index contributed by atoms with van der Waals surface area (Å²) in [7, 11) is 1.99. The Balaban J connectivity index is 2.10. The summed E-state index contributed by atoms with van der Waals surface area (Å²) in [5.74, 6) is 0.178. The van der Waals surface area contributed by atoms with Crippen molar-refractivity contribution in [1.29, 1.82) is 0 Å². The SMILES string of the molecule is CNC1CCN(C(=O)c2cccc(C)c2I)CC1. The summed E-state index contributed by atoms with van der Waals surface area (Å²) in [5.41, 5.74) is 2.02. The van der Waals surface area contributed by atoms with Gasteiger partial charge in [0.1, 0.15) is 0 Å². The van der Waals surface area contributed by atoms with Crippen molar-refractivity contribution in [3.8, 4) is 0 Å². The Morgan fingerprint density at radius 1 is 1.39 bits per heavy atom. The van der Waals surface area contributed by atoms with E-state index in [1.54, 1.807) is 0 Å². The lowest BCUT2D eigenvalue weighted by atomic mass is 10.0. The quantitative estimate of drug-likeness (QED) is 0.824. The van der Waals surface area contributed by atoms with Gasteiger partial charge >= 0.3 is 0 Å². The molecule has 0 atom stereocenters. The van der Waals surface area contributed by atoms with Crippen LogP contribution >= 0.6 is 22.6 Å². The van der Waals surface area contributed by atoms with Crippen LogP contribution in [-0.2, 0) is 0 Å². The van der Waals surface area contributed by atoms with Crippen molar-refractivity contribution in [2.45, 2.75) is 25.8 Å². The summed E-state index contributed by atoms with van der Waals surface area (Å²) in [4.78, 5) is 14.4. The van der Waals surface area contributed by atoms with Crippen LogP contribution in [0.2, 0.25) is 0 Å². The summed E-state index contributed by atoms with van der Waals surface area (Å²) in [6.45, 7) is 3.76. The second-order valence-electron chi connectivity index (χ2n) is 4.79. The van der Waals surface area contributed by atoms with E-state index >= 15 is 0 Å². The Bertz CT molecular complexity index is 439. The molecule has 1 aromatic carbocycles. The molecule has 4 heteroatoms. The number of piperidine rings is 1. The zero-order chi connectivity index (χ0) is 13.1. The first-order valence-electron chi connectivity index (χ1n) is 6.35. The minimum Gasteiger partial charge on any atom is -0.338 e. The molecule has 3 nitrogen and oxygen atoms in total. The third-order valence-electron chi connectivity index (χ3n) is 3.61. The first-order chi connectivity index (χ1) is 8.63. The summed E-state index contributed by atoms with van der Waals surface area (Å²) in [5, 5.41) is 3.28. The van der Waals surface area contributed by atoms with Gasteiger partial charge in [0.25, 0.3) is 5.91 Å². The molecule has 18 heavy (non-hydrogen) atoms. The molecule has 1 aromatic rings. The van der Waals surface area contributed by atoms with E-state index in [0.29, 0.717) is 6.04 Å². The molecular weight excluding hydrogens is 339 g/mol. The molecule has 0 unspecified atom stereocenters. The highest BCUT2D eigenvalue weighted by atomic mass is 127. The van der Waals surface area contributed by atoms with Crippen LogP contribution in [0.25, 0.3) is 0 Å². The standard InChI is InChI=1S/C14H19IN2O/c1-10-4-3-5-12(13(10)15)14(18)17-8-6-11(16-2)7-9-17/h3-5,11,16H,6-9H2,1-2H3. The van der Waals surface area contributed by atoms with Crippen molar-refractivity contribution in [3.63, 3.8) is 0 Å². The number of benzene rings is 1. The predicted octanol–water partition coefficient (Wildman–Crippen LogP) is 2.42. The molecule has 1 N–H and O–H groups in total. The molecule has 0 aliphatic carbocycles. The zero-order valence-corrected chi connectivity index (χ0v) is 13.0. The fourth-order valence-electron chi connectivity index (χ4n) is 2.35. The fraction of sp³-hybridized carbons (Fsp3) is 0.500. The van der Waals surface area contributed by atoms with Gasteiger partial charge in [-0.05, 0) is 61.0 Å². The number of carbonyl (C=O) groups is 1. The van der Waals surface area contributed by atoms with E-state index in [9.17, 15) is 4.79 Å². The number of nitrogens with one attached hydrogen (secondary N) is 1. The monoisotopic (exact) mass is 358 g/mol. The molecule has 0 radical (unpaired) electrons. The average molecular weight is 358 g/mol. The van der Waals surface area contributed by atoms with Gasteiger partial charge in [-0.3, -0.25) is 4.79 Å². The maximum absolute atomic E-state index is 12.5. The minimum absolute atomic E-state index is 0.178. The number of rotatable bonds is 2. The molecule has 0 saturated carbocycles. The van der Waals surface area contributed by atoms with Crippen molar-refractivity contribution in [2.24, 2.45) is 0 Å². The van der Waals surface area contributed by atoms with Crippen LogP contribution < -0.4 is 5.32 Å². The Morgan fingerprint density at radius 3 is 2.67 bits per heavy atom. The Kier molecular flexibility index (Phi) is 4.61. The van der Waals surface area contributed by atoms with Gasteiger partial charge in [0.2, 0.25) is 0 Å².